The first-order valence-corrected chi connectivity index (χ1v) is 7.63. The van der Waals surface area contributed by atoms with Crippen LogP contribution in [0.4, 0.5) is 5.69 Å². The lowest BCUT2D eigenvalue weighted by atomic mass is 9.90. The van der Waals surface area contributed by atoms with Gasteiger partial charge in [0, 0.05) is 5.69 Å². The molecule has 3 rings (SSSR count). The number of carbonyl (C=O) groups is 2. The van der Waals surface area contributed by atoms with E-state index < -0.39 is 11.8 Å². The van der Waals surface area contributed by atoms with Gasteiger partial charge in [-0.25, -0.2) is 5.48 Å². The summed E-state index contributed by atoms with van der Waals surface area (Å²) in [5.74, 6) is -1.32. The molecule has 0 bridgehead atoms. The minimum atomic E-state index is -0.652. The third-order valence-corrected chi connectivity index (χ3v) is 3.75. The molecule has 1 atom stereocenters. The van der Waals surface area contributed by atoms with E-state index in [4.69, 9.17) is 9.62 Å². The Morgan fingerprint density at radius 3 is 2.16 bits per heavy atom. The van der Waals surface area contributed by atoms with Gasteiger partial charge < -0.3 is 9.73 Å². The van der Waals surface area contributed by atoms with E-state index >= 15 is 0 Å². The van der Waals surface area contributed by atoms with Crippen LogP contribution in [0.3, 0.4) is 0 Å². The lowest BCUT2D eigenvalue weighted by molar-refractivity contribution is -0.129. The van der Waals surface area contributed by atoms with Crippen molar-refractivity contribution < 1.29 is 19.2 Å². The fourth-order valence-corrected chi connectivity index (χ4v) is 2.56. The Bertz CT molecular complexity index is 843. The third-order valence-electron chi connectivity index (χ3n) is 3.75. The summed E-state index contributed by atoms with van der Waals surface area (Å²) in [7, 11) is 0. The number of hydroxylamine groups is 1. The molecule has 6 nitrogen and oxygen atoms in total. The summed E-state index contributed by atoms with van der Waals surface area (Å²) in [4.78, 5) is 24.1. The molecule has 126 valence electrons. The van der Waals surface area contributed by atoms with E-state index in [1.54, 1.807) is 41.9 Å². The molecule has 0 saturated carbocycles. The number of hydrogen-bond donors (Lipinski definition) is 3. The highest BCUT2D eigenvalue weighted by molar-refractivity contribution is 6.02. The predicted molar refractivity (Wildman–Crippen MR) is 91.3 cm³/mol. The summed E-state index contributed by atoms with van der Waals surface area (Å²) in [6, 6.07) is 19.2. The Labute approximate surface area is 144 Å². The van der Waals surface area contributed by atoms with Gasteiger partial charge >= 0.3 is 0 Å². The van der Waals surface area contributed by atoms with Gasteiger partial charge in [-0.15, -0.1) is 0 Å². The van der Waals surface area contributed by atoms with Gasteiger partial charge in [-0.2, -0.15) is 0 Å². The third kappa shape index (κ3) is 3.76. The number of amides is 2. The number of anilines is 1. The molecule has 0 aliphatic rings. The molecule has 0 radical (unpaired) electrons. The molecule has 0 aliphatic heterocycles. The van der Waals surface area contributed by atoms with Gasteiger partial charge in [0.1, 0.15) is 0 Å². The Kier molecular flexibility index (Phi) is 4.92. The van der Waals surface area contributed by atoms with E-state index in [1.807, 2.05) is 30.3 Å². The van der Waals surface area contributed by atoms with Crippen LogP contribution >= 0.6 is 0 Å². The van der Waals surface area contributed by atoms with Crippen molar-refractivity contribution in [1.29, 1.82) is 0 Å². The van der Waals surface area contributed by atoms with Crippen molar-refractivity contribution in [3.8, 4) is 0 Å². The maximum Gasteiger partial charge on any atom is 0.291 e. The number of benzene rings is 2. The van der Waals surface area contributed by atoms with Crippen LogP contribution in [0.15, 0.2) is 77.4 Å². The molecule has 0 spiro atoms. The van der Waals surface area contributed by atoms with Crippen molar-refractivity contribution in [2.75, 3.05) is 5.32 Å². The monoisotopic (exact) mass is 336 g/mol. The SMILES string of the molecule is O=C(Nc1ccc(C(C(=O)NO)c2ccccc2)cc1)c1ccco1. The maximum atomic E-state index is 12.1. The smallest absolute Gasteiger partial charge is 0.291 e. The molecule has 3 N–H and O–H groups in total. The first-order valence-electron chi connectivity index (χ1n) is 7.63. The Morgan fingerprint density at radius 1 is 0.880 bits per heavy atom. The average Bonchev–Trinajstić information content (AvgIpc) is 3.19. The van der Waals surface area contributed by atoms with Gasteiger partial charge in [0.25, 0.3) is 11.8 Å². The van der Waals surface area contributed by atoms with E-state index in [1.165, 1.54) is 6.26 Å². The van der Waals surface area contributed by atoms with Crippen LogP contribution in [-0.2, 0) is 4.79 Å². The van der Waals surface area contributed by atoms with Gasteiger partial charge in [-0.05, 0) is 35.4 Å². The number of hydrogen-bond acceptors (Lipinski definition) is 4. The molecule has 1 heterocycles. The summed E-state index contributed by atoms with van der Waals surface area (Å²) < 4.78 is 5.04. The van der Waals surface area contributed by atoms with Crippen molar-refractivity contribution in [2.45, 2.75) is 5.92 Å². The summed E-state index contributed by atoms with van der Waals surface area (Å²) in [6.45, 7) is 0. The number of rotatable bonds is 5. The first-order chi connectivity index (χ1) is 12.2. The lowest BCUT2D eigenvalue weighted by Crippen LogP contribution is -2.27. The standard InChI is InChI=1S/C19H16N2O4/c22-18(16-7-4-12-25-16)20-15-10-8-14(9-11-15)17(19(23)21-24)13-5-2-1-3-6-13/h1-12,17,24H,(H,20,22)(H,21,23). The van der Waals surface area contributed by atoms with Crippen LogP contribution in [0.1, 0.15) is 27.6 Å². The highest BCUT2D eigenvalue weighted by Crippen LogP contribution is 2.26. The average molecular weight is 336 g/mol. The highest BCUT2D eigenvalue weighted by Gasteiger charge is 2.22. The fourth-order valence-electron chi connectivity index (χ4n) is 2.56. The maximum absolute atomic E-state index is 12.1. The number of carbonyl (C=O) groups excluding carboxylic acids is 2. The van der Waals surface area contributed by atoms with Crippen molar-refractivity contribution in [2.24, 2.45) is 0 Å². The van der Waals surface area contributed by atoms with Crippen molar-refractivity contribution in [1.82, 2.24) is 5.48 Å². The van der Waals surface area contributed by atoms with Crippen LogP contribution in [0.25, 0.3) is 0 Å². The molecule has 2 aromatic carbocycles. The Morgan fingerprint density at radius 2 is 1.56 bits per heavy atom. The van der Waals surface area contributed by atoms with Crippen LogP contribution in [0, 0.1) is 0 Å². The quantitative estimate of drug-likeness (QED) is 0.493. The van der Waals surface area contributed by atoms with Gasteiger partial charge in [-0.3, -0.25) is 14.8 Å². The van der Waals surface area contributed by atoms with Gasteiger partial charge in [0.05, 0.1) is 12.2 Å². The second kappa shape index (κ2) is 7.46. The predicted octanol–water partition coefficient (Wildman–Crippen LogP) is 3.17. The first kappa shape index (κ1) is 16.5. The second-order valence-corrected chi connectivity index (χ2v) is 5.37. The summed E-state index contributed by atoms with van der Waals surface area (Å²) in [6.07, 6.45) is 1.43. The van der Waals surface area contributed by atoms with Gasteiger partial charge in [-0.1, -0.05) is 42.5 Å². The normalized spacial score (nSPS) is 11.6. The molecule has 6 heteroatoms. The highest BCUT2D eigenvalue weighted by atomic mass is 16.5. The lowest BCUT2D eigenvalue weighted by Gasteiger charge is -2.16. The molecule has 3 aromatic rings. The van der Waals surface area contributed by atoms with Crippen molar-refractivity contribution in [3.63, 3.8) is 0 Å². The van der Waals surface area contributed by atoms with Crippen LogP contribution in [0.5, 0.6) is 0 Å². The second-order valence-electron chi connectivity index (χ2n) is 5.37. The summed E-state index contributed by atoms with van der Waals surface area (Å²) in [5, 5.41) is 11.8. The van der Waals surface area contributed by atoms with Crippen LogP contribution < -0.4 is 10.8 Å². The zero-order valence-electron chi connectivity index (χ0n) is 13.2. The Hall–Kier alpha value is -3.38. The summed E-state index contributed by atoms with van der Waals surface area (Å²) >= 11 is 0. The van der Waals surface area contributed by atoms with Crippen LogP contribution in [0.2, 0.25) is 0 Å². The minimum absolute atomic E-state index is 0.214. The number of nitrogens with one attached hydrogen (secondary N) is 2. The molecule has 1 aromatic heterocycles. The van der Waals surface area contributed by atoms with E-state index in [0.717, 1.165) is 5.56 Å². The summed E-state index contributed by atoms with van der Waals surface area (Å²) in [5.41, 5.74) is 3.72. The van der Waals surface area contributed by atoms with Gasteiger partial charge in [0.2, 0.25) is 0 Å². The number of furan rings is 1. The largest absolute Gasteiger partial charge is 0.459 e. The molecule has 0 saturated heterocycles. The zero-order chi connectivity index (χ0) is 17.6. The zero-order valence-corrected chi connectivity index (χ0v) is 13.2. The minimum Gasteiger partial charge on any atom is -0.459 e. The Balaban J connectivity index is 1.82. The molecule has 0 fully saturated rings. The molecular weight excluding hydrogens is 320 g/mol. The van der Waals surface area contributed by atoms with E-state index in [2.05, 4.69) is 5.32 Å². The molecule has 25 heavy (non-hydrogen) atoms. The van der Waals surface area contributed by atoms with Crippen molar-refractivity contribution >= 4 is 17.5 Å². The molecular formula is C19H16N2O4. The molecule has 2 amide bonds. The van der Waals surface area contributed by atoms with E-state index in [-0.39, 0.29) is 11.7 Å². The van der Waals surface area contributed by atoms with Crippen molar-refractivity contribution in [3.05, 3.63) is 89.9 Å². The molecule has 0 aliphatic carbocycles. The fraction of sp³-hybridized carbons (Fsp3) is 0.0526. The molecule has 1 unspecified atom stereocenters. The van der Waals surface area contributed by atoms with Crippen LogP contribution in [-0.4, -0.2) is 17.0 Å². The van der Waals surface area contributed by atoms with E-state index in [9.17, 15) is 9.59 Å². The van der Waals surface area contributed by atoms with E-state index in [0.29, 0.717) is 11.3 Å². The van der Waals surface area contributed by atoms with Gasteiger partial charge in [0.15, 0.2) is 5.76 Å². The topological polar surface area (TPSA) is 91.6 Å².